The van der Waals surface area contributed by atoms with E-state index in [1.165, 1.54) is 18.5 Å². The summed E-state index contributed by atoms with van der Waals surface area (Å²) in [5.41, 5.74) is -0.690. The summed E-state index contributed by atoms with van der Waals surface area (Å²) < 4.78 is 27.5. The van der Waals surface area contributed by atoms with Crippen LogP contribution in [0.4, 0.5) is 8.78 Å². The van der Waals surface area contributed by atoms with E-state index in [4.69, 9.17) is 0 Å². The molecule has 0 aliphatic heterocycles. The van der Waals surface area contributed by atoms with Gasteiger partial charge in [-0.05, 0) is 25.8 Å². The van der Waals surface area contributed by atoms with Gasteiger partial charge in [0.05, 0.1) is 11.5 Å². The van der Waals surface area contributed by atoms with Gasteiger partial charge in [-0.25, -0.2) is 13.8 Å². The normalized spacial score (nSPS) is 17.9. The van der Waals surface area contributed by atoms with Gasteiger partial charge in [-0.1, -0.05) is 18.9 Å². The van der Waals surface area contributed by atoms with Crippen LogP contribution in [0.3, 0.4) is 0 Å². The Hall–Kier alpha value is -2.31. The molecule has 1 unspecified atom stereocenters. The number of hydrogen-bond donors (Lipinski definition) is 2. The van der Waals surface area contributed by atoms with Gasteiger partial charge >= 0.3 is 0 Å². The number of nitrogens with one attached hydrogen (secondary N) is 2. The van der Waals surface area contributed by atoms with E-state index >= 15 is 0 Å². The Morgan fingerprint density at radius 3 is 2.70 bits per heavy atom. The third-order valence-electron chi connectivity index (χ3n) is 4.53. The zero-order valence-corrected chi connectivity index (χ0v) is 12.8. The van der Waals surface area contributed by atoms with Crippen LogP contribution in [0, 0.1) is 11.6 Å². The van der Waals surface area contributed by atoms with Crippen LogP contribution in [-0.4, -0.2) is 21.1 Å². The molecule has 2 N–H and O–H groups in total. The van der Waals surface area contributed by atoms with Crippen LogP contribution < -0.4 is 5.32 Å². The molecule has 7 heteroatoms. The van der Waals surface area contributed by atoms with Crippen LogP contribution >= 0.6 is 0 Å². The summed E-state index contributed by atoms with van der Waals surface area (Å²) in [6.45, 7) is 1.78. The maximum absolute atomic E-state index is 14.3. The number of amides is 1. The van der Waals surface area contributed by atoms with Crippen molar-refractivity contribution >= 4 is 5.91 Å². The van der Waals surface area contributed by atoms with Crippen molar-refractivity contribution in [2.75, 3.05) is 0 Å². The number of H-pyrrole nitrogens is 1. The summed E-state index contributed by atoms with van der Waals surface area (Å²) in [6.07, 6.45) is 4.12. The van der Waals surface area contributed by atoms with Gasteiger partial charge in [-0.15, -0.1) is 0 Å². The summed E-state index contributed by atoms with van der Waals surface area (Å²) >= 11 is 0. The Morgan fingerprint density at radius 1 is 1.35 bits per heavy atom. The molecule has 0 radical (unpaired) electrons. The van der Waals surface area contributed by atoms with Crippen molar-refractivity contribution < 1.29 is 13.6 Å². The fourth-order valence-electron chi connectivity index (χ4n) is 3.30. The zero-order valence-electron chi connectivity index (χ0n) is 12.8. The average molecular weight is 320 g/mol. The minimum atomic E-state index is -0.952. The summed E-state index contributed by atoms with van der Waals surface area (Å²) in [5, 5.41) is 9.34. The molecule has 122 valence electrons. The summed E-state index contributed by atoms with van der Waals surface area (Å²) in [7, 11) is 0. The fraction of sp³-hybridized carbons (Fsp3) is 0.438. The lowest BCUT2D eigenvalue weighted by atomic mass is 9.77. The maximum atomic E-state index is 14.3. The van der Waals surface area contributed by atoms with E-state index in [0.29, 0.717) is 18.7 Å². The number of carbonyl (C=O) groups is 1. The number of carbonyl (C=O) groups excluding carboxylic acids is 1. The van der Waals surface area contributed by atoms with Crippen molar-refractivity contribution in [1.29, 1.82) is 0 Å². The van der Waals surface area contributed by atoms with Crippen LogP contribution in [0.1, 0.15) is 50.0 Å². The lowest BCUT2D eigenvalue weighted by molar-refractivity contribution is -0.127. The molecule has 0 bridgehead atoms. The van der Waals surface area contributed by atoms with Gasteiger partial charge in [-0.3, -0.25) is 9.89 Å². The quantitative estimate of drug-likeness (QED) is 0.910. The second kappa shape index (κ2) is 6.06. The van der Waals surface area contributed by atoms with Crippen LogP contribution in [0.15, 0.2) is 24.5 Å². The molecule has 2 aromatic rings. The third-order valence-corrected chi connectivity index (χ3v) is 4.53. The van der Waals surface area contributed by atoms with E-state index < -0.39 is 17.0 Å². The largest absolute Gasteiger partial charge is 0.346 e. The number of nitrogens with zero attached hydrogens (tertiary/aromatic N) is 2. The zero-order chi connectivity index (χ0) is 16.4. The SMILES string of the molecule is CC(NC(=O)C1(c2ccc(F)cc2F)CCCC1)c1ncn[nH]1. The summed E-state index contributed by atoms with van der Waals surface area (Å²) in [5.74, 6) is -1.04. The van der Waals surface area contributed by atoms with E-state index in [0.717, 1.165) is 18.9 Å². The van der Waals surface area contributed by atoms with E-state index in [1.54, 1.807) is 6.92 Å². The molecule has 1 saturated carbocycles. The van der Waals surface area contributed by atoms with Gasteiger partial charge in [0.2, 0.25) is 5.91 Å². The fourth-order valence-corrected chi connectivity index (χ4v) is 3.30. The molecule has 1 heterocycles. The van der Waals surface area contributed by atoms with Gasteiger partial charge in [0.25, 0.3) is 0 Å². The topological polar surface area (TPSA) is 70.7 Å². The molecular weight excluding hydrogens is 302 g/mol. The first-order valence-corrected chi connectivity index (χ1v) is 7.65. The average Bonchev–Trinajstić information content (AvgIpc) is 3.19. The first kappa shape index (κ1) is 15.6. The predicted molar refractivity (Wildman–Crippen MR) is 79.4 cm³/mol. The van der Waals surface area contributed by atoms with E-state index in [-0.39, 0.29) is 17.5 Å². The van der Waals surface area contributed by atoms with Gasteiger partial charge in [-0.2, -0.15) is 5.10 Å². The first-order valence-electron chi connectivity index (χ1n) is 7.65. The number of aromatic nitrogens is 3. The van der Waals surface area contributed by atoms with Crippen LogP contribution in [0.5, 0.6) is 0 Å². The van der Waals surface area contributed by atoms with E-state index in [9.17, 15) is 13.6 Å². The van der Waals surface area contributed by atoms with Crippen LogP contribution in [-0.2, 0) is 10.2 Å². The molecule has 1 aromatic carbocycles. The highest BCUT2D eigenvalue weighted by Crippen LogP contribution is 2.42. The smallest absolute Gasteiger partial charge is 0.231 e. The molecule has 1 aliphatic rings. The second-order valence-electron chi connectivity index (χ2n) is 5.98. The molecule has 1 fully saturated rings. The molecule has 1 atom stereocenters. The van der Waals surface area contributed by atoms with Crippen molar-refractivity contribution in [3.63, 3.8) is 0 Å². The monoisotopic (exact) mass is 320 g/mol. The standard InChI is InChI=1S/C16H18F2N4O/c1-10(14-19-9-20-22-14)21-15(23)16(6-2-3-7-16)12-5-4-11(17)8-13(12)18/h4-5,8-10H,2-3,6-7H2,1H3,(H,21,23)(H,19,20,22). The minimum Gasteiger partial charge on any atom is -0.346 e. The Bertz CT molecular complexity index is 696. The van der Waals surface area contributed by atoms with Crippen molar-refractivity contribution in [1.82, 2.24) is 20.5 Å². The van der Waals surface area contributed by atoms with E-state index in [2.05, 4.69) is 20.5 Å². The lowest BCUT2D eigenvalue weighted by Gasteiger charge is -2.30. The third kappa shape index (κ3) is 2.83. The lowest BCUT2D eigenvalue weighted by Crippen LogP contribution is -2.44. The van der Waals surface area contributed by atoms with Crippen molar-refractivity contribution in [2.45, 2.75) is 44.1 Å². The van der Waals surface area contributed by atoms with Gasteiger partial charge in [0.1, 0.15) is 23.8 Å². The molecule has 3 rings (SSSR count). The van der Waals surface area contributed by atoms with Crippen LogP contribution in [0.2, 0.25) is 0 Å². The highest BCUT2D eigenvalue weighted by molar-refractivity contribution is 5.89. The van der Waals surface area contributed by atoms with Crippen LogP contribution in [0.25, 0.3) is 0 Å². The summed E-state index contributed by atoms with van der Waals surface area (Å²) in [4.78, 5) is 16.9. The van der Waals surface area contributed by atoms with Crippen molar-refractivity contribution in [3.8, 4) is 0 Å². The Kier molecular flexibility index (Phi) is 4.11. The van der Waals surface area contributed by atoms with Gasteiger partial charge < -0.3 is 5.32 Å². The summed E-state index contributed by atoms with van der Waals surface area (Å²) in [6, 6.07) is 3.05. The highest BCUT2D eigenvalue weighted by Gasteiger charge is 2.45. The number of benzene rings is 1. The predicted octanol–water partition coefficient (Wildman–Crippen LogP) is 2.77. The molecule has 1 amide bonds. The number of aromatic amines is 1. The first-order chi connectivity index (χ1) is 11.0. The van der Waals surface area contributed by atoms with Crippen molar-refractivity contribution in [2.24, 2.45) is 0 Å². The van der Waals surface area contributed by atoms with Gasteiger partial charge in [0.15, 0.2) is 0 Å². The van der Waals surface area contributed by atoms with Crippen molar-refractivity contribution in [3.05, 3.63) is 47.5 Å². The second-order valence-corrected chi connectivity index (χ2v) is 5.98. The number of hydrogen-bond acceptors (Lipinski definition) is 3. The van der Waals surface area contributed by atoms with Gasteiger partial charge in [0, 0.05) is 11.6 Å². The molecular formula is C16H18F2N4O. The Morgan fingerprint density at radius 2 is 2.09 bits per heavy atom. The number of rotatable bonds is 4. The Balaban J connectivity index is 1.90. The Labute approximate surface area is 132 Å². The molecule has 5 nitrogen and oxygen atoms in total. The molecule has 1 aliphatic carbocycles. The van der Waals surface area contributed by atoms with E-state index in [1.807, 2.05) is 0 Å². The highest BCUT2D eigenvalue weighted by atomic mass is 19.1. The number of halogens is 2. The molecule has 0 saturated heterocycles. The molecule has 23 heavy (non-hydrogen) atoms. The minimum absolute atomic E-state index is 0.260. The maximum Gasteiger partial charge on any atom is 0.231 e. The molecule has 0 spiro atoms. The molecule has 1 aromatic heterocycles.